The summed E-state index contributed by atoms with van der Waals surface area (Å²) >= 11 is 0. The van der Waals surface area contributed by atoms with Crippen LogP contribution in [-0.2, 0) is 28.7 Å². The van der Waals surface area contributed by atoms with Crippen molar-refractivity contribution < 1.29 is 49.1 Å². The summed E-state index contributed by atoms with van der Waals surface area (Å²) in [6, 6.07) is 0. The molecule has 1 rings (SSSR count). The van der Waals surface area contributed by atoms with Crippen molar-refractivity contribution in [1.82, 2.24) is 0 Å². The molecular formula is C14H20O10. The number of Topliss-reactive ketones (excluding diaryl/α,β-unsaturated/α-hetero) is 3. The summed E-state index contributed by atoms with van der Waals surface area (Å²) in [6.45, 7) is 3.46. The predicted molar refractivity (Wildman–Crippen MR) is 74.4 cm³/mol. The lowest BCUT2D eigenvalue weighted by Crippen LogP contribution is -2.80. The number of aliphatic hydroxyl groups is 4. The number of hydrogen-bond donors (Lipinski definition) is 4. The molecule has 0 radical (unpaired) electrons. The van der Waals surface area contributed by atoms with Gasteiger partial charge in [-0.3, -0.25) is 19.2 Å². The molecule has 0 bridgehead atoms. The average molecular weight is 348 g/mol. The van der Waals surface area contributed by atoms with Crippen molar-refractivity contribution in [3.8, 4) is 0 Å². The number of rotatable bonds is 5. The average Bonchev–Trinajstić information content (AvgIpc) is 2.45. The van der Waals surface area contributed by atoms with E-state index >= 15 is 0 Å². The number of carbonyl (C=O) groups excluding carboxylic acids is 4. The van der Waals surface area contributed by atoms with E-state index in [2.05, 4.69) is 4.74 Å². The van der Waals surface area contributed by atoms with E-state index in [1.165, 1.54) is 0 Å². The van der Waals surface area contributed by atoms with E-state index in [-0.39, 0.29) is 0 Å². The smallest absolute Gasteiger partial charge is 0.305 e. The van der Waals surface area contributed by atoms with Gasteiger partial charge < -0.3 is 29.9 Å². The van der Waals surface area contributed by atoms with Gasteiger partial charge in [-0.1, -0.05) is 0 Å². The molecule has 0 aromatic heterocycles. The molecule has 0 spiro atoms. The summed E-state index contributed by atoms with van der Waals surface area (Å²) in [4.78, 5) is 47.1. The summed E-state index contributed by atoms with van der Waals surface area (Å²) in [5, 5.41) is 40.9. The Morgan fingerprint density at radius 1 is 1.04 bits per heavy atom. The van der Waals surface area contributed by atoms with Crippen molar-refractivity contribution in [2.45, 2.75) is 63.5 Å². The monoisotopic (exact) mass is 348 g/mol. The Morgan fingerprint density at radius 3 is 1.83 bits per heavy atom. The second-order valence-corrected chi connectivity index (χ2v) is 5.66. The summed E-state index contributed by atoms with van der Waals surface area (Å²) < 4.78 is 9.57. The first kappa shape index (κ1) is 20.3. The number of hydrogen-bond acceptors (Lipinski definition) is 10. The van der Waals surface area contributed by atoms with E-state index in [0.29, 0.717) is 0 Å². The topological polar surface area (TPSA) is 168 Å². The van der Waals surface area contributed by atoms with Gasteiger partial charge in [0.1, 0.15) is 6.10 Å². The lowest BCUT2D eigenvalue weighted by molar-refractivity contribution is -0.326. The summed E-state index contributed by atoms with van der Waals surface area (Å²) in [5.41, 5.74) is -6.39. The molecule has 0 aliphatic carbocycles. The van der Waals surface area contributed by atoms with E-state index < -0.39 is 59.1 Å². The fourth-order valence-electron chi connectivity index (χ4n) is 2.61. The van der Waals surface area contributed by atoms with Gasteiger partial charge in [-0.25, -0.2) is 0 Å². The van der Waals surface area contributed by atoms with Crippen molar-refractivity contribution in [3.63, 3.8) is 0 Å². The maximum absolute atomic E-state index is 12.1. The normalized spacial score (nSPS) is 37.4. The van der Waals surface area contributed by atoms with Gasteiger partial charge in [-0.05, 0) is 20.8 Å². The van der Waals surface area contributed by atoms with E-state index in [4.69, 9.17) is 4.74 Å². The van der Waals surface area contributed by atoms with Gasteiger partial charge in [-0.2, -0.15) is 0 Å². The van der Waals surface area contributed by atoms with Crippen LogP contribution in [0, 0.1) is 0 Å². The van der Waals surface area contributed by atoms with Crippen LogP contribution in [0.4, 0.5) is 0 Å². The van der Waals surface area contributed by atoms with Gasteiger partial charge in [0.2, 0.25) is 6.29 Å². The van der Waals surface area contributed by atoms with Gasteiger partial charge >= 0.3 is 5.97 Å². The van der Waals surface area contributed by atoms with Gasteiger partial charge in [0.25, 0.3) is 0 Å². The second kappa shape index (κ2) is 6.65. The Labute approximate surface area is 137 Å². The van der Waals surface area contributed by atoms with Crippen LogP contribution >= 0.6 is 0 Å². The molecule has 4 N–H and O–H groups in total. The highest BCUT2D eigenvalue weighted by Crippen LogP contribution is 2.41. The van der Waals surface area contributed by atoms with Crippen LogP contribution in [0.3, 0.4) is 0 Å². The maximum atomic E-state index is 12.1. The molecule has 1 heterocycles. The van der Waals surface area contributed by atoms with Crippen LogP contribution in [0.25, 0.3) is 0 Å². The minimum atomic E-state index is -3.20. The lowest BCUT2D eigenvalue weighted by Gasteiger charge is -2.51. The van der Waals surface area contributed by atoms with Crippen molar-refractivity contribution in [2.75, 3.05) is 0 Å². The zero-order chi connectivity index (χ0) is 19.0. The number of ketones is 3. The lowest BCUT2D eigenvalue weighted by atomic mass is 9.67. The second-order valence-electron chi connectivity index (χ2n) is 5.66. The third kappa shape index (κ3) is 2.87. The Bertz CT molecular complexity index is 570. The molecule has 136 valence electrons. The largest absolute Gasteiger partial charge is 0.433 e. The van der Waals surface area contributed by atoms with Crippen LogP contribution in [0.15, 0.2) is 0 Å². The molecule has 6 atom stereocenters. The maximum Gasteiger partial charge on any atom is 0.305 e. The SMILES string of the molecule is CC(=O)OC1O[C@H](C(=O)C(C)O)[C@](O)(C(C)=O)[C@@](O)(C(C)=O)[C@H]1O. The first-order valence-electron chi connectivity index (χ1n) is 7.01. The summed E-state index contributed by atoms with van der Waals surface area (Å²) in [7, 11) is 0. The molecule has 10 nitrogen and oxygen atoms in total. The number of esters is 1. The summed E-state index contributed by atoms with van der Waals surface area (Å²) in [6.07, 6.45) is -8.38. The Kier molecular flexibility index (Phi) is 5.63. The minimum absolute atomic E-state index is 0.761. The molecule has 0 amide bonds. The van der Waals surface area contributed by atoms with E-state index in [0.717, 1.165) is 27.7 Å². The highest BCUT2D eigenvalue weighted by molar-refractivity contribution is 6.04. The Hall–Kier alpha value is -1.72. The van der Waals surface area contributed by atoms with Crippen molar-refractivity contribution in [2.24, 2.45) is 0 Å². The van der Waals surface area contributed by atoms with Crippen LogP contribution in [-0.4, -0.2) is 79.5 Å². The molecule has 1 aliphatic heterocycles. The van der Waals surface area contributed by atoms with Gasteiger partial charge in [0.15, 0.2) is 40.8 Å². The number of aliphatic hydroxyl groups excluding tert-OH is 2. The zero-order valence-corrected chi connectivity index (χ0v) is 13.5. The molecule has 1 saturated heterocycles. The van der Waals surface area contributed by atoms with Crippen molar-refractivity contribution in [3.05, 3.63) is 0 Å². The van der Waals surface area contributed by atoms with Gasteiger partial charge in [0.05, 0.1) is 0 Å². The fraction of sp³-hybridized carbons (Fsp3) is 0.714. The molecule has 10 heteroatoms. The standard InChI is InChI=1S/C14H20O10/c1-5(15)9(19)11-14(22,7(3)17)13(21,6(2)16)10(20)12(24-11)23-8(4)18/h5,10-12,15,20-22H,1-4H3/t5?,10-,11+,12?,13+,14+/m0/s1. The van der Waals surface area contributed by atoms with Crippen molar-refractivity contribution in [1.29, 1.82) is 0 Å². The van der Waals surface area contributed by atoms with Gasteiger partial charge in [-0.15, -0.1) is 0 Å². The molecule has 1 fully saturated rings. The Balaban J connectivity index is 3.61. The third-order valence-electron chi connectivity index (χ3n) is 3.94. The highest BCUT2D eigenvalue weighted by atomic mass is 16.7. The molecule has 0 aromatic carbocycles. The highest BCUT2D eigenvalue weighted by Gasteiger charge is 2.72. The first-order chi connectivity index (χ1) is 10.8. The van der Waals surface area contributed by atoms with Crippen LogP contribution in [0.5, 0.6) is 0 Å². The van der Waals surface area contributed by atoms with E-state index in [1.807, 2.05) is 0 Å². The fourth-order valence-corrected chi connectivity index (χ4v) is 2.61. The minimum Gasteiger partial charge on any atom is -0.433 e. The van der Waals surface area contributed by atoms with Gasteiger partial charge in [0, 0.05) is 6.92 Å². The van der Waals surface area contributed by atoms with Crippen molar-refractivity contribution >= 4 is 23.3 Å². The number of ether oxygens (including phenoxy) is 2. The first-order valence-corrected chi connectivity index (χ1v) is 7.01. The van der Waals surface area contributed by atoms with E-state index in [1.54, 1.807) is 0 Å². The number of carbonyl (C=O) groups is 4. The molecule has 24 heavy (non-hydrogen) atoms. The van der Waals surface area contributed by atoms with E-state index in [9.17, 15) is 39.6 Å². The molecular weight excluding hydrogens is 328 g/mol. The molecule has 1 aliphatic rings. The van der Waals surface area contributed by atoms with Crippen LogP contribution in [0.1, 0.15) is 27.7 Å². The quantitative estimate of drug-likeness (QED) is 0.382. The summed E-state index contributed by atoms with van der Waals surface area (Å²) in [5.74, 6) is -4.77. The Morgan fingerprint density at radius 2 is 1.50 bits per heavy atom. The third-order valence-corrected chi connectivity index (χ3v) is 3.94. The molecule has 0 saturated carbocycles. The predicted octanol–water partition coefficient (Wildman–Crippen LogP) is -2.77. The van der Waals surface area contributed by atoms with Crippen LogP contribution in [0.2, 0.25) is 0 Å². The zero-order valence-electron chi connectivity index (χ0n) is 13.5. The van der Waals surface area contributed by atoms with Crippen LogP contribution < -0.4 is 0 Å². The molecule has 2 unspecified atom stereocenters. The molecule has 0 aromatic rings.